The molecule has 0 heterocycles. The Hall–Kier alpha value is -0.820. The largest absolute Gasteiger partial charge is 0.393 e. The van der Waals surface area contributed by atoms with Crippen molar-refractivity contribution in [2.75, 3.05) is 0 Å². The highest BCUT2D eigenvalue weighted by Gasteiger charge is 2.49. The molecule has 0 saturated heterocycles. The second-order valence-electron chi connectivity index (χ2n) is 10.8. The number of allylic oxidation sites excluding steroid dienone is 5. The van der Waals surface area contributed by atoms with E-state index < -0.39 is 0 Å². The van der Waals surface area contributed by atoms with Gasteiger partial charge < -0.3 is 5.11 Å². The third-order valence-corrected chi connectivity index (χ3v) is 8.34. The molecule has 0 spiro atoms. The lowest BCUT2D eigenvalue weighted by Crippen LogP contribution is -2.35. The van der Waals surface area contributed by atoms with Crippen molar-refractivity contribution in [2.45, 2.75) is 105 Å². The fourth-order valence-electron chi connectivity index (χ4n) is 6.51. The van der Waals surface area contributed by atoms with Crippen LogP contribution in [0.25, 0.3) is 0 Å². The summed E-state index contributed by atoms with van der Waals surface area (Å²) in [5.41, 5.74) is 4.93. The topological polar surface area (TPSA) is 20.2 Å². The molecule has 1 N–H and O–H groups in total. The van der Waals surface area contributed by atoms with E-state index >= 15 is 0 Å². The molecule has 0 aromatic rings. The van der Waals surface area contributed by atoms with Crippen LogP contribution in [-0.4, -0.2) is 11.2 Å². The van der Waals surface area contributed by atoms with E-state index in [2.05, 4.69) is 52.8 Å². The van der Waals surface area contributed by atoms with Crippen molar-refractivity contribution in [1.82, 2.24) is 0 Å². The van der Waals surface area contributed by atoms with Gasteiger partial charge in [0.15, 0.2) is 0 Å². The standard InChI is InChI=1S/C27H44O/c1-19(2)8-6-9-21(4)25-15-16-26-22(10-7-17-27(25,26)5)12-13-23-18-24(28)14-11-20(23)3/h10,12-13,19,21,24-26,28H,6-9,11,14-18H2,1-5H3/b13-12+/t21-,24+,25-,26+,27-/m1/s1. The Bertz CT molecular complexity index is 622. The molecule has 0 radical (unpaired) electrons. The highest BCUT2D eigenvalue weighted by atomic mass is 16.3. The fourth-order valence-corrected chi connectivity index (χ4v) is 6.51. The molecule has 1 saturated carbocycles. The number of aliphatic hydroxyl groups excluding tert-OH is 1. The Labute approximate surface area is 174 Å². The van der Waals surface area contributed by atoms with Gasteiger partial charge in [0.05, 0.1) is 6.10 Å². The maximum absolute atomic E-state index is 10.0. The first kappa shape index (κ1) is 21.9. The van der Waals surface area contributed by atoms with Crippen molar-refractivity contribution in [3.05, 3.63) is 34.9 Å². The molecule has 0 aromatic heterocycles. The molecule has 1 nitrogen and oxygen atoms in total. The van der Waals surface area contributed by atoms with Crippen molar-refractivity contribution in [3.63, 3.8) is 0 Å². The molecule has 3 aliphatic rings. The molecule has 0 amide bonds. The van der Waals surface area contributed by atoms with Crippen molar-refractivity contribution in [2.24, 2.45) is 29.1 Å². The van der Waals surface area contributed by atoms with Crippen LogP contribution in [0, 0.1) is 29.1 Å². The summed E-state index contributed by atoms with van der Waals surface area (Å²) in [7, 11) is 0. The molecule has 5 atom stereocenters. The van der Waals surface area contributed by atoms with Gasteiger partial charge in [-0.05, 0) is 92.1 Å². The summed E-state index contributed by atoms with van der Waals surface area (Å²) in [5, 5.41) is 10.0. The second kappa shape index (κ2) is 9.33. The summed E-state index contributed by atoms with van der Waals surface area (Å²) in [6.07, 6.45) is 19.5. The predicted molar refractivity (Wildman–Crippen MR) is 121 cm³/mol. The Balaban J connectivity index is 1.67. The van der Waals surface area contributed by atoms with Gasteiger partial charge in [0.2, 0.25) is 0 Å². The summed E-state index contributed by atoms with van der Waals surface area (Å²) in [6, 6.07) is 0. The average Bonchev–Trinajstić information content (AvgIpc) is 2.99. The summed E-state index contributed by atoms with van der Waals surface area (Å²) in [6.45, 7) is 12.1. The van der Waals surface area contributed by atoms with Gasteiger partial charge in [0, 0.05) is 0 Å². The van der Waals surface area contributed by atoms with Gasteiger partial charge in [-0.25, -0.2) is 0 Å². The zero-order chi connectivity index (χ0) is 20.3. The lowest BCUT2D eigenvalue weighted by Gasteiger charge is -2.43. The van der Waals surface area contributed by atoms with E-state index in [0.29, 0.717) is 5.41 Å². The fraction of sp³-hybridized carbons (Fsp3) is 0.778. The molecule has 1 fully saturated rings. The first-order valence-corrected chi connectivity index (χ1v) is 12.1. The molecule has 3 rings (SSSR count). The van der Waals surface area contributed by atoms with E-state index in [4.69, 9.17) is 0 Å². The van der Waals surface area contributed by atoms with Crippen molar-refractivity contribution >= 4 is 0 Å². The minimum absolute atomic E-state index is 0.142. The molecule has 0 aromatic carbocycles. The van der Waals surface area contributed by atoms with Crippen LogP contribution in [0.5, 0.6) is 0 Å². The van der Waals surface area contributed by atoms with E-state index in [1.807, 2.05) is 0 Å². The second-order valence-corrected chi connectivity index (χ2v) is 10.8. The Morgan fingerprint density at radius 3 is 2.68 bits per heavy atom. The van der Waals surface area contributed by atoms with Crippen LogP contribution in [0.1, 0.15) is 98.8 Å². The van der Waals surface area contributed by atoms with Crippen LogP contribution in [0.15, 0.2) is 34.9 Å². The molecular formula is C27H44O. The maximum atomic E-state index is 10.0. The van der Waals surface area contributed by atoms with Gasteiger partial charge in [-0.15, -0.1) is 0 Å². The van der Waals surface area contributed by atoms with Crippen LogP contribution < -0.4 is 0 Å². The lowest BCUT2D eigenvalue weighted by molar-refractivity contribution is 0.107. The first-order chi connectivity index (χ1) is 13.3. The van der Waals surface area contributed by atoms with Crippen molar-refractivity contribution in [3.8, 4) is 0 Å². The first-order valence-electron chi connectivity index (χ1n) is 12.1. The number of hydrogen-bond acceptors (Lipinski definition) is 1. The Kier molecular flexibility index (Phi) is 7.29. The molecule has 158 valence electrons. The monoisotopic (exact) mass is 384 g/mol. The predicted octanol–water partition coefficient (Wildman–Crippen LogP) is 7.62. The normalized spacial score (nSPS) is 34.8. The van der Waals surface area contributed by atoms with Gasteiger partial charge in [-0.3, -0.25) is 0 Å². The van der Waals surface area contributed by atoms with Crippen LogP contribution in [0.4, 0.5) is 0 Å². The number of aliphatic hydroxyl groups is 1. The van der Waals surface area contributed by atoms with Crippen LogP contribution >= 0.6 is 0 Å². The van der Waals surface area contributed by atoms with E-state index in [9.17, 15) is 5.11 Å². The average molecular weight is 385 g/mol. The molecular weight excluding hydrogens is 340 g/mol. The van der Waals surface area contributed by atoms with Crippen molar-refractivity contribution in [1.29, 1.82) is 0 Å². The SMILES string of the molecule is CC1=C(/C=C/C2=CCC[C@]3(C)[C@@H]([C@H](C)CCCC(C)C)CC[C@@H]23)C[C@@H](O)CC1. The number of hydrogen-bond donors (Lipinski definition) is 1. The minimum Gasteiger partial charge on any atom is -0.393 e. The number of fused-ring (bicyclic) bond motifs is 1. The highest BCUT2D eigenvalue weighted by Crippen LogP contribution is 2.58. The molecule has 1 heteroatoms. The smallest absolute Gasteiger partial charge is 0.0583 e. The molecule has 0 unspecified atom stereocenters. The quantitative estimate of drug-likeness (QED) is 0.478. The van der Waals surface area contributed by atoms with E-state index in [-0.39, 0.29) is 6.10 Å². The third kappa shape index (κ3) is 4.84. The maximum Gasteiger partial charge on any atom is 0.0583 e. The Morgan fingerprint density at radius 1 is 1.14 bits per heavy atom. The zero-order valence-corrected chi connectivity index (χ0v) is 19.1. The van der Waals surface area contributed by atoms with Crippen LogP contribution in [-0.2, 0) is 0 Å². The Morgan fingerprint density at radius 2 is 1.93 bits per heavy atom. The molecule has 3 aliphatic carbocycles. The van der Waals surface area contributed by atoms with Gasteiger partial charge in [-0.1, -0.05) is 70.8 Å². The number of rotatable bonds is 7. The molecule has 0 bridgehead atoms. The van der Waals surface area contributed by atoms with Gasteiger partial charge in [0.25, 0.3) is 0 Å². The van der Waals surface area contributed by atoms with Gasteiger partial charge in [-0.2, -0.15) is 0 Å². The zero-order valence-electron chi connectivity index (χ0n) is 19.1. The van der Waals surface area contributed by atoms with Gasteiger partial charge >= 0.3 is 0 Å². The molecule has 28 heavy (non-hydrogen) atoms. The van der Waals surface area contributed by atoms with E-state index in [1.165, 1.54) is 56.1 Å². The van der Waals surface area contributed by atoms with Crippen molar-refractivity contribution < 1.29 is 5.11 Å². The summed E-state index contributed by atoms with van der Waals surface area (Å²) < 4.78 is 0. The van der Waals surface area contributed by atoms with E-state index in [0.717, 1.165) is 42.9 Å². The third-order valence-electron chi connectivity index (χ3n) is 8.34. The lowest BCUT2D eigenvalue weighted by atomic mass is 9.62. The highest BCUT2D eigenvalue weighted by molar-refractivity contribution is 5.36. The minimum atomic E-state index is -0.142. The summed E-state index contributed by atoms with van der Waals surface area (Å²) >= 11 is 0. The summed E-state index contributed by atoms with van der Waals surface area (Å²) in [5.74, 6) is 3.32. The van der Waals surface area contributed by atoms with Crippen LogP contribution in [0.3, 0.4) is 0 Å². The van der Waals surface area contributed by atoms with E-state index in [1.54, 1.807) is 5.57 Å². The molecule has 0 aliphatic heterocycles. The van der Waals surface area contributed by atoms with Gasteiger partial charge in [0.1, 0.15) is 0 Å². The summed E-state index contributed by atoms with van der Waals surface area (Å²) in [4.78, 5) is 0. The van der Waals surface area contributed by atoms with Crippen LogP contribution in [0.2, 0.25) is 0 Å².